The first-order valence-corrected chi connectivity index (χ1v) is 9.65. The van der Waals surface area contributed by atoms with E-state index in [1.54, 1.807) is 11.1 Å². The molecule has 2 heterocycles. The summed E-state index contributed by atoms with van der Waals surface area (Å²) >= 11 is 0. The minimum Gasteiger partial charge on any atom is -0.343 e. The summed E-state index contributed by atoms with van der Waals surface area (Å²) in [7, 11) is 4.48. The van der Waals surface area contributed by atoms with Crippen molar-refractivity contribution in [1.82, 2.24) is 9.13 Å². The molecule has 2 heteroatoms. The van der Waals surface area contributed by atoms with Crippen LogP contribution in [0.15, 0.2) is 48.5 Å². The van der Waals surface area contributed by atoms with Crippen molar-refractivity contribution in [2.24, 2.45) is 14.1 Å². The van der Waals surface area contributed by atoms with E-state index in [0.29, 0.717) is 0 Å². The summed E-state index contributed by atoms with van der Waals surface area (Å²) in [4.78, 5) is 0. The van der Waals surface area contributed by atoms with Crippen LogP contribution in [0, 0.1) is 0 Å². The first-order chi connectivity index (χ1) is 12.8. The molecule has 1 aliphatic rings. The van der Waals surface area contributed by atoms with Gasteiger partial charge in [-0.15, -0.1) is 0 Å². The monoisotopic (exact) mass is 338 g/mol. The van der Waals surface area contributed by atoms with Gasteiger partial charge >= 0.3 is 0 Å². The molecular weight excluding hydrogens is 316 g/mol. The lowest BCUT2D eigenvalue weighted by atomic mass is 9.86. The van der Waals surface area contributed by atoms with E-state index >= 15 is 0 Å². The number of hydrogen-bond donors (Lipinski definition) is 0. The van der Waals surface area contributed by atoms with Crippen LogP contribution in [-0.2, 0) is 26.9 Å². The number of benzene rings is 3. The average molecular weight is 338 g/mol. The summed E-state index contributed by atoms with van der Waals surface area (Å²) in [6.07, 6.45) is 5.02. The fourth-order valence-corrected chi connectivity index (χ4v) is 5.42. The van der Waals surface area contributed by atoms with Gasteiger partial charge in [0.2, 0.25) is 0 Å². The maximum absolute atomic E-state index is 2.44. The van der Waals surface area contributed by atoms with Crippen LogP contribution in [0.5, 0.6) is 0 Å². The molecule has 0 radical (unpaired) electrons. The Bertz CT molecular complexity index is 1350. The molecule has 128 valence electrons. The highest BCUT2D eigenvalue weighted by atomic mass is 15.0. The molecule has 0 spiro atoms. The van der Waals surface area contributed by atoms with Gasteiger partial charge in [0, 0.05) is 46.7 Å². The number of para-hydroxylation sites is 2. The number of rotatable bonds is 0. The van der Waals surface area contributed by atoms with Crippen molar-refractivity contribution < 1.29 is 0 Å². The smallest absolute Gasteiger partial charge is 0.0593 e. The first-order valence-electron chi connectivity index (χ1n) is 9.65. The molecule has 26 heavy (non-hydrogen) atoms. The quantitative estimate of drug-likeness (QED) is 0.335. The van der Waals surface area contributed by atoms with E-state index in [9.17, 15) is 0 Å². The van der Waals surface area contributed by atoms with E-state index in [2.05, 4.69) is 71.8 Å². The summed E-state index contributed by atoms with van der Waals surface area (Å²) < 4.78 is 4.86. The van der Waals surface area contributed by atoms with Gasteiger partial charge in [0.25, 0.3) is 0 Å². The zero-order valence-electron chi connectivity index (χ0n) is 15.3. The number of fused-ring (bicyclic) bond motifs is 10. The van der Waals surface area contributed by atoms with E-state index in [4.69, 9.17) is 0 Å². The molecule has 0 saturated carbocycles. The predicted octanol–water partition coefficient (Wildman–Crippen LogP) is 5.86. The number of aromatic nitrogens is 2. The molecule has 0 unspecified atom stereocenters. The van der Waals surface area contributed by atoms with Gasteiger partial charge in [-0.3, -0.25) is 0 Å². The van der Waals surface area contributed by atoms with Crippen molar-refractivity contribution in [3.63, 3.8) is 0 Å². The third-order valence-electron chi connectivity index (χ3n) is 6.51. The van der Waals surface area contributed by atoms with E-state index in [1.807, 2.05) is 0 Å². The highest BCUT2D eigenvalue weighted by Crippen LogP contribution is 2.44. The molecule has 6 rings (SSSR count). The molecule has 2 nitrogen and oxygen atoms in total. The second kappa shape index (κ2) is 4.91. The summed E-state index contributed by atoms with van der Waals surface area (Å²) in [5.74, 6) is 0. The minimum atomic E-state index is 1.20. The van der Waals surface area contributed by atoms with Crippen LogP contribution >= 0.6 is 0 Å². The summed E-state index contributed by atoms with van der Waals surface area (Å²) in [6, 6.07) is 17.8. The lowest BCUT2D eigenvalue weighted by molar-refractivity contribution is 0.691. The van der Waals surface area contributed by atoms with Crippen LogP contribution < -0.4 is 0 Å². The fourth-order valence-electron chi connectivity index (χ4n) is 5.42. The largest absolute Gasteiger partial charge is 0.343 e. The Morgan fingerprint density at radius 2 is 1.15 bits per heavy atom. The maximum Gasteiger partial charge on any atom is 0.0593 e. The van der Waals surface area contributed by atoms with Gasteiger partial charge in [-0.2, -0.15) is 0 Å². The van der Waals surface area contributed by atoms with Crippen LogP contribution in [0.3, 0.4) is 0 Å². The molecule has 3 aromatic carbocycles. The minimum absolute atomic E-state index is 1.20. The second-order valence-electron chi connectivity index (χ2n) is 7.76. The summed E-state index contributed by atoms with van der Waals surface area (Å²) in [6.45, 7) is 0. The third kappa shape index (κ3) is 1.58. The molecule has 0 N–H and O–H groups in total. The Morgan fingerprint density at radius 1 is 0.615 bits per heavy atom. The highest BCUT2D eigenvalue weighted by molar-refractivity contribution is 6.27. The molecule has 0 atom stereocenters. The van der Waals surface area contributed by atoms with Crippen LogP contribution in [0.4, 0.5) is 0 Å². The van der Waals surface area contributed by atoms with Gasteiger partial charge in [-0.25, -0.2) is 0 Å². The van der Waals surface area contributed by atoms with Crippen LogP contribution in [0.1, 0.15) is 24.0 Å². The molecule has 0 saturated heterocycles. The zero-order chi connectivity index (χ0) is 17.4. The van der Waals surface area contributed by atoms with Gasteiger partial charge in [-0.05, 0) is 48.9 Å². The van der Waals surface area contributed by atoms with Gasteiger partial charge in [0.15, 0.2) is 0 Å². The molecule has 0 fully saturated rings. The standard InChI is InChI=1S/C24H22N2/c1-25-20-14-8-6-12-18(20)22-23(25)16-10-4-3-9-15(16)21-17-11-5-7-13-19(17)26(2)24(21)22/h5-8,11-14H,3-4,9-10H2,1-2H3. The van der Waals surface area contributed by atoms with E-state index in [-0.39, 0.29) is 0 Å². The second-order valence-corrected chi connectivity index (χ2v) is 7.76. The van der Waals surface area contributed by atoms with Gasteiger partial charge in [0.1, 0.15) is 0 Å². The van der Waals surface area contributed by atoms with Crippen molar-refractivity contribution in [2.45, 2.75) is 25.7 Å². The van der Waals surface area contributed by atoms with Gasteiger partial charge in [0.05, 0.1) is 11.0 Å². The van der Waals surface area contributed by atoms with E-state index < -0.39 is 0 Å². The van der Waals surface area contributed by atoms with Crippen molar-refractivity contribution in [3.05, 3.63) is 59.7 Å². The van der Waals surface area contributed by atoms with Crippen LogP contribution in [-0.4, -0.2) is 9.13 Å². The molecule has 2 aromatic heterocycles. The Morgan fingerprint density at radius 3 is 1.85 bits per heavy atom. The number of aryl methyl sites for hydroxylation is 4. The molecule has 0 bridgehead atoms. The van der Waals surface area contributed by atoms with Crippen molar-refractivity contribution in [2.75, 3.05) is 0 Å². The normalized spacial score (nSPS) is 14.7. The Labute approximate surface area is 152 Å². The lowest BCUT2D eigenvalue weighted by Crippen LogP contribution is -2.06. The Hall–Kier alpha value is -2.74. The maximum atomic E-state index is 2.44. The SMILES string of the molecule is Cn1c2ccccc2c2c1c1c(c3c4ccccc4n(C)c32)CCCC1. The lowest BCUT2D eigenvalue weighted by Gasteiger charge is -2.20. The van der Waals surface area contributed by atoms with Crippen LogP contribution in [0.25, 0.3) is 43.6 Å². The van der Waals surface area contributed by atoms with Gasteiger partial charge in [-0.1, -0.05) is 36.4 Å². The Kier molecular flexibility index (Phi) is 2.73. The van der Waals surface area contributed by atoms with Crippen LogP contribution in [0.2, 0.25) is 0 Å². The van der Waals surface area contributed by atoms with Crippen molar-refractivity contribution in [1.29, 1.82) is 0 Å². The summed E-state index contributed by atoms with van der Waals surface area (Å²) in [5, 5.41) is 5.74. The molecule has 5 aromatic rings. The van der Waals surface area contributed by atoms with Crippen molar-refractivity contribution in [3.8, 4) is 0 Å². The predicted molar refractivity (Wildman–Crippen MR) is 111 cm³/mol. The zero-order valence-corrected chi connectivity index (χ0v) is 15.3. The van der Waals surface area contributed by atoms with E-state index in [1.165, 1.54) is 69.3 Å². The van der Waals surface area contributed by atoms with Crippen molar-refractivity contribution >= 4 is 43.6 Å². The fraction of sp³-hybridized carbons (Fsp3) is 0.250. The first kappa shape index (κ1) is 14.4. The number of hydrogen-bond acceptors (Lipinski definition) is 0. The summed E-state index contributed by atoms with van der Waals surface area (Å²) in [5.41, 5.74) is 8.75. The molecule has 1 aliphatic carbocycles. The van der Waals surface area contributed by atoms with E-state index in [0.717, 1.165) is 0 Å². The third-order valence-corrected chi connectivity index (χ3v) is 6.51. The highest BCUT2D eigenvalue weighted by Gasteiger charge is 2.25. The number of nitrogens with zero attached hydrogens (tertiary/aromatic N) is 2. The topological polar surface area (TPSA) is 9.86 Å². The Balaban J connectivity index is 2.04. The molecule has 0 aliphatic heterocycles. The van der Waals surface area contributed by atoms with Gasteiger partial charge < -0.3 is 9.13 Å². The molecular formula is C24H22N2. The average Bonchev–Trinajstić information content (AvgIpc) is 3.16. The molecule has 0 amide bonds.